The van der Waals surface area contributed by atoms with E-state index in [1.807, 2.05) is 0 Å². The third-order valence-corrected chi connectivity index (χ3v) is 2.20. The molecule has 0 amide bonds. The Morgan fingerprint density at radius 3 is 1.82 bits per heavy atom. The van der Waals surface area contributed by atoms with Crippen molar-refractivity contribution in [2.75, 3.05) is 0 Å². The highest BCUT2D eigenvalue weighted by atomic mass is 19.4. The largest absolute Gasteiger partial charge is 0.401 e. The smallest absolute Gasteiger partial charge is 0.290 e. The van der Waals surface area contributed by atoms with Crippen molar-refractivity contribution in [2.24, 2.45) is 5.41 Å². The predicted molar refractivity (Wildman–Crippen MR) is 32.6 cm³/mol. The van der Waals surface area contributed by atoms with Crippen LogP contribution in [0.3, 0.4) is 0 Å². The van der Waals surface area contributed by atoms with Gasteiger partial charge in [0.15, 0.2) is 0 Å². The highest BCUT2D eigenvalue weighted by molar-refractivity contribution is 5.62. The normalized spacial score (nSPS) is 23.5. The van der Waals surface area contributed by atoms with Crippen molar-refractivity contribution in [1.82, 2.24) is 0 Å². The Kier molecular flexibility index (Phi) is 1.94. The van der Waals surface area contributed by atoms with Crippen molar-refractivity contribution in [3.63, 3.8) is 0 Å². The molecule has 0 aliphatic heterocycles. The van der Waals surface area contributed by atoms with Gasteiger partial charge in [0.2, 0.25) is 6.29 Å². The lowest BCUT2D eigenvalue weighted by Gasteiger charge is -2.23. The van der Waals surface area contributed by atoms with E-state index in [2.05, 4.69) is 0 Å². The van der Waals surface area contributed by atoms with Crippen molar-refractivity contribution in [3.05, 3.63) is 0 Å². The molecule has 0 unspecified atom stereocenters. The summed E-state index contributed by atoms with van der Waals surface area (Å²) in [6, 6.07) is 0. The van der Waals surface area contributed by atoms with Crippen LogP contribution < -0.4 is 0 Å². The van der Waals surface area contributed by atoms with E-state index >= 15 is 0 Å². The fourth-order valence-corrected chi connectivity index (χ4v) is 1.42. The minimum Gasteiger partial charge on any atom is -0.290 e. The lowest BCUT2D eigenvalue weighted by molar-refractivity contribution is -0.195. The second-order valence-corrected chi connectivity index (χ2v) is 2.89. The van der Waals surface area contributed by atoms with Crippen molar-refractivity contribution in [3.8, 4) is 0 Å². The molecule has 0 bridgehead atoms. The third kappa shape index (κ3) is 1.26. The Labute approximate surface area is 62.6 Å². The molecule has 0 saturated heterocycles. The van der Waals surface area contributed by atoms with Crippen LogP contribution in [0.4, 0.5) is 13.2 Å². The number of hydrogen-bond donors (Lipinski definition) is 0. The first-order valence-electron chi connectivity index (χ1n) is 3.48. The average Bonchev–Trinajstić information content (AvgIpc) is 2.33. The van der Waals surface area contributed by atoms with E-state index in [0.29, 0.717) is 12.8 Å². The SMILES string of the molecule is O=[C]C1(C(F)(F)F)CCCC1. The molecule has 1 aliphatic rings. The van der Waals surface area contributed by atoms with Gasteiger partial charge in [-0.25, -0.2) is 0 Å². The monoisotopic (exact) mass is 165 g/mol. The van der Waals surface area contributed by atoms with Gasteiger partial charge < -0.3 is 0 Å². The van der Waals surface area contributed by atoms with Gasteiger partial charge in [0.1, 0.15) is 5.41 Å². The van der Waals surface area contributed by atoms with Crippen LogP contribution in [0, 0.1) is 5.41 Å². The molecule has 1 radical (unpaired) electrons. The summed E-state index contributed by atoms with van der Waals surface area (Å²) in [5.74, 6) is 0. The number of carbonyl (C=O) groups excluding carboxylic acids is 1. The van der Waals surface area contributed by atoms with Crippen molar-refractivity contribution in [2.45, 2.75) is 31.9 Å². The van der Waals surface area contributed by atoms with Crippen LogP contribution in [0.15, 0.2) is 0 Å². The van der Waals surface area contributed by atoms with E-state index in [-0.39, 0.29) is 12.8 Å². The van der Waals surface area contributed by atoms with Gasteiger partial charge in [-0.3, -0.25) is 4.79 Å². The van der Waals surface area contributed by atoms with Crippen LogP contribution in [0.1, 0.15) is 25.7 Å². The zero-order valence-corrected chi connectivity index (χ0v) is 5.87. The maximum absolute atomic E-state index is 12.2. The number of halogens is 3. The van der Waals surface area contributed by atoms with Gasteiger partial charge >= 0.3 is 6.18 Å². The van der Waals surface area contributed by atoms with Gasteiger partial charge in [-0.1, -0.05) is 12.8 Å². The minimum absolute atomic E-state index is 0.0833. The summed E-state index contributed by atoms with van der Waals surface area (Å²) in [4.78, 5) is 10.1. The summed E-state index contributed by atoms with van der Waals surface area (Å²) in [6.07, 6.45) is -2.46. The molecular formula is C7H8F3O. The molecule has 0 heterocycles. The van der Waals surface area contributed by atoms with Gasteiger partial charge in [-0.2, -0.15) is 13.2 Å². The molecule has 1 aliphatic carbocycles. The summed E-state index contributed by atoms with van der Waals surface area (Å²) >= 11 is 0. The topological polar surface area (TPSA) is 17.1 Å². The van der Waals surface area contributed by atoms with E-state index in [9.17, 15) is 18.0 Å². The van der Waals surface area contributed by atoms with Crippen LogP contribution in [-0.2, 0) is 4.79 Å². The standard InChI is InChI=1S/C7H8F3O/c8-7(9,10)6(5-11)3-1-2-4-6/h1-4H2. The fraction of sp³-hybridized carbons (Fsp3) is 0.857. The van der Waals surface area contributed by atoms with Gasteiger partial charge in [-0.15, -0.1) is 0 Å². The number of hydrogen-bond acceptors (Lipinski definition) is 1. The molecule has 0 aromatic rings. The first-order chi connectivity index (χ1) is 5.02. The van der Waals surface area contributed by atoms with Crippen LogP contribution >= 0.6 is 0 Å². The molecule has 0 aromatic carbocycles. The van der Waals surface area contributed by atoms with E-state index in [1.54, 1.807) is 0 Å². The van der Waals surface area contributed by atoms with Gasteiger partial charge in [0, 0.05) is 0 Å². The highest BCUT2D eigenvalue weighted by Crippen LogP contribution is 2.48. The van der Waals surface area contributed by atoms with Crippen molar-refractivity contribution < 1.29 is 18.0 Å². The van der Waals surface area contributed by atoms with Crippen LogP contribution in [0.5, 0.6) is 0 Å². The molecule has 1 fully saturated rings. The van der Waals surface area contributed by atoms with E-state index in [1.165, 1.54) is 0 Å². The quantitative estimate of drug-likeness (QED) is 0.582. The first kappa shape index (κ1) is 8.56. The molecule has 0 spiro atoms. The molecule has 11 heavy (non-hydrogen) atoms. The molecule has 1 nitrogen and oxygen atoms in total. The minimum atomic E-state index is -4.40. The highest BCUT2D eigenvalue weighted by Gasteiger charge is 2.56. The molecular weight excluding hydrogens is 157 g/mol. The Bertz CT molecular complexity index is 156. The lowest BCUT2D eigenvalue weighted by Crippen LogP contribution is -2.36. The first-order valence-corrected chi connectivity index (χ1v) is 3.48. The summed E-state index contributed by atoms with van der Waals surface area (Å²) in [6.45, 7) is 0. The van der Waals surface area contributed by atoms with E-state index in [4.69, 9.17) is 0 Å². The maximum Gasteiger partial charge on any atom is 0.401 e. The Hall–Kier alpha value is -0.540. The Morgan fingerprint density at radius 2 is 1.64 bits per heavy atom. The summed E-state index contributed by atoms with van der Waals surface area (Å²) < 4.78 is 36.5. The summed E-state index contributed by atoms with van der Waals surface area (Å²) in [5.41, 5.74) is -2.13. The van der Waals surface area contributed by atoms with Crippen molar-refractivity contribution in [1.29, 1.82) is 0 Å². The predicted octanol–water partition coefficient (Wildman–Crippen LogP) is 2.22. The van der Waals surface area contributed by atoms with Gasteiger partial charge in [0.25, 0.3) is 0 Å². The van der Waals surface area contributed by atoms with E-state index < -0.39 is 11.6 Å². The molecule has 0 N–H and O–H groups in total. The summed E-state index contributed by atoms with van der Waals surface area (Å²) in [5, 5.41) is 0. The Morgan fingerprint density at radius 1 is 1.18 bits per heavy atom. The average molecular weight is 165 g/mol. The molecule has 1 saturated carbocycles. The zero-order chi connectivity index (χ0) is 8.54. The van der Waals surface area contributed by atoms with Crippen LogP contribution in [0.2, 0.25) is 0 Å². The van der Waals surface area contributed by atoms with Crippen molar-refractivity contribution >= 4 is 6.29 Å². The lowest BCUT2D eigenvalue weighted by atomic mass is 9.87. The molecule has 63 valence electrons. The van der Waals surface area contributed by atoms with E-state index in [0.717, 1.165) is 6.29 Å². The zero-order valence-electron chi connectivity index (χ0n) is 5.87. The van der Waals surface area contributed by atoms with Gasteiger partial charge in [0.05, 0.1) is 0 Å². The second kappa shape index (κ2) is 2.50. The van der Waals surface area contributed by atoms with Crippen LogP contribution in [-0.4, -0.2) is 12.5 Å². The molecule has 4 heteroatoms. The van der Waals surface area contributed by atoms with Crippen LogP contribution in [0.25, 0.3) is 0 Å². The fourth-order valence-electron chi connectivity index (χ4n) is 1.42. The molecule has 0 aromatic heterocycles. The molecule has 0 atom stereocenters. The van der Waals surface area contributed by atoms with Gasteiger partial charge in [-0.05, 0) is 12.8 Å². The number of alkyl halides is 3. The maximum atomic E-state index is 12.2. The molecule has 1 rings (SSSR count). The Balaban J connectivity index is 2.83. The number of rotatable bonds is 1. The second-order valence-electron chi connectivity index (χ2n) is 2.89. The summed E-state index contributed by atoms with van der Waals surface area (Å²) in [7, 11) is 0. The third-order valence-electron chi connectivity index (χ3n) is 2.20.